The number of amides is 4. The molecule has 12 heteroatoms. The van der Waals surface area contributed by atoms with Crippen molar-refractivity contribution in [1.82, 2.24) is 26.3 Å². The van der Waals surface area contributed by atoms with Crippen LogP contribution in [0, 0.1) is 11.8 Å². The van der Waals surface area contributed by atoms with Crippen LogP contribution in [0.25, 0.3) is 21.7 Å². The lowest BCUT2D eigenvalue weighted by Gasteiger charge is -2.32. The fourth-order valence-corrected chi connectivity index (χ4v) is 7.52. The first-order valence-electron chi connectivity index (χ1n) is 19.2. The Morgan fingerprint density at radius 1 is 0.732 bits per heavy atom. The molecule has 0 saturated heterocycles. The first kappa shape index (κ1) is 39.5. The molecule has 1 saturated carbocycles. The second-order valence-electron chi connectivity index (χ2n) is 14.4. The normalized spacial score (nSPS) is 16.4. The van der Waals surface area contributed by atoms with Crippen LogP contribution in [0.2, 0.25) is 0 Å². The predicted molar refractivity (Wildman–Crippen MR) is 214 cm³/mol. The number of hydrogen-bond acceptors (Lipinski definition) is 6. The number of H-pyrrole nitrogens is 1. The Kier molecular flexibility index (Phi) is 13.4. The summed E-state index contributed by atoms with van der Waals surface area (Å²) in [5.74, 6) is -4.07. The minimum Gasteiger partial charge on any atom is -0.497 e. The molecule has 1 aromatic heterocycles. The second-order valence-corrected chi connectivity index (χ2v) is 14.4. The summed E-state index contributed by atoms with van der Waals surface area (Å²) in [6, 6.07) is 27.1. The molecule has 6 rings (SSSR count). The SMILES string of the molecule is COc1ccc(CCNC(=O)[C@@H](CC(=O)O)NC(=O)C2CCCC[C@@H]2C(=O)N[C@@H](Cc2c[nH]c3ccccc23)C(=O)NCCc2ccc3ccccc3c2)cc1. The second kappa shape index (κ2) is 18.9. The summed E-state index contributed by atoms with van der Waals surface area (Å²) >= 11 is 0. The summed E-state index contributed by atoms with van der Waals surface area (Å²) < 4.78 is 5.18. The van der Waals surface area contributed by atoms with E-state index >= 15 is 0 Å². The van der Waals surface area contributed by atoms with E-state index in [2.05, 4.69) is 50.5 Å². The van der Waals surface area contributed by atoms with Gasteiger partial charge in [-0.2, -0.15) is 0 Å². The van der Waals surface area contributed by atoms with E-state index in [9.17, 15) is 29.1 Å². The number of rotatable bonds is 17. The molecule has 5 aromatic rings. The number of benzene rings is 4. The van der Waals surface area contributed by atoms with Crippen molar-refractivity contribution in [2.75, 3.05) is 20.2 Å². The molecule has 4 amide bonds. The van der Waals surface area contributed by atoms with Crippen LogP contribution in [0.3, 0.4) is 0 Å². The number of aromatic amines is 1. The zero-order chi connectivity index (χ0) is 39.4. The highest BCUT2D eigenvalue weighted by Crippen LogP contribution is 2.31. The third-order valence-corrected chi connectivity index (χ3v) is 10.6. The van der Waals surface area contributed by atoms with Crippen LogP contribution in [0.15, 0.2) is 97.2 Å². The Bertz CT molecular complexity index is 2160. The van der Waals surface area contributed by atoms with Gasteiger partial charge in [-0.1, -0.05) is 85.6 Å². The predicted octanol–water partition coefficient (Wildman–Crippen LogP) is 4.84. The molecule has 1 heterocycles. The molecule has 12 nitrogen and oxygen atoms in total. The molecule has 4 aromatic carbocycles. The van der Waals surface area contributed by atoms with Crippen molar-refractivity contribution in [3.05, 3.63) is 114 Å². The summed E-state index contributed by atoms with van der Waals surface area (Å²) in [6.45, 7) is 0.590. The zero-order valence-electron chi connectivity index (χ0n) is 31.5. The van der Waals surface area contributed by atoms with Crippen molar-refractivity contribution in [2.45, 2.75) is 63.5 Å². The molecule has 292 valence electrons. The number of nitrogens with one attached hydrogen (secondary N) is 5. The van der Waals surface area contributed by atoms with E-state index < -0.39 is 54.0 Å². The van der Waals surface area contributed by atoms with Gasteiger partial charge in [-0.05, 0) is 71.3 Å². The van der Waals surface area contributed by atoms with Gasteiger partial charge < -0.3 is 36.1 Å². The van der Waals surface area contributed by atoms with Crippen LogP contribution in [-0.4, -0.2) is 72.0 Å². The van der Waals surface area contributed by atoms with Crippen molar-refractivity contribution < 1.29 is 33.8 Å². The Labute approximate surface area is 325 Å². The van der Waals surface area contributed by atoms with E-state index in [0.29, 0.717) is 50.8 Å². The Balaban J connectivity index is 1.11. The van der Waals surface area contributed by atoms with Gasteiger partial charge in [0.15, 0.2) is 0 Å². The number of aromatic nitrogens is 1. The Hall–Kier alpha value is -6.17. The van der Waals surface area contributed by atoms with Crippen molar-refractivity contribution in [3.63, 3.8) is 0 Å². The van der Waals surface area contributed by atoms with E-state index in [4.69, 9.17) is 4.74 Å². The van der Waals surface area contributed by atoms with Gasteiger partial charge in [0.2, 0.25) is 23.6 Å². The Morgan fingerprint density at radius 3 is 2.00 bits per heavy atom. The van der Waals surface area contributed by atoms with Gasteiger partial charge in [-0.3, -0.25) is 24.0 Å². The van der Waals surface area contributed by atoms with Gasteiger partial charge in [0.05, 0.1) is 13.5 Å². The number of carbonyl (C=O) groups is 5. The number of ether oxygens (including phenoxy) is 1. The molecule has 0 bridgehead atoms. The number of carboxylic acid groups (broad SMARTS) is 1. The van der Waals surface area contributed by atoms with Crippen LogP contribution in [-0.2, 0) is 43.2 Å². The number of aliphatic carboxylic acids is 1. The lowest BCUT2D eigenvalue weighted by Crippen LogP contribution is -2.54. The average molecular weight is 760 g/mol. The van der Waals surface area contributed by atoms with E-state index in [0.717, 1.165) is 38.4 Å². The summed E-state index contributed by atoms with van der Waals surface area (Å²) in [5, 5.41) is 24.2. The minimum atomic E-state index is -1.33. The van der Waals surface area contributed by atoms with Crippen LogP contribution in [0.1, 0.15) is 48.8 Å². The number of para-hydroxylation sites is 1. The zero-order valence-corrected chi connectivity index (χ0v) is 31.5. The van der Waals surface area contributed by atoms with Crippen LogP contribution in [0.5, 0.6) is 5.75 Å². The molecule has 0 radical (unpaired) electrons. The van der Waals surface area contributed by atoms with Crippen molar-refractivity contribution in [3.8, 4) is 5.75 Å². The molecule has 0 spiro atoms. The molecule has 0 aliphatic heterocycles. The number of carbonyl (C=O) groups excluding carboxylic acids is 4. The molecule has 1 aliphatic rings. The van der Waals surface area contributed by atoms with E-state index in [1.54, 1.807) is 7.11 Å². The number of methoxy groups -OCH3 is 1. The molecular weight excluding hydrogens is 711 g/mol. The lowest BCUT2D eigenvalue weighted by molar-refractivity contribution is -0.142. The minimum absolute atomic E-state index is 0.221. The Morgan fingerprint density at radius 2 is 1.32 bits per heavy atom. The molecule has 6 N–H and O–H groups in total. The highest BCUT2D eigenvalue weighted by atomic mass is 16.5. The summed E-state index contributed by atoms with van der Waals surface area (Å²) in [6.07, 6.45) is 4.72. The van der Waals surface area contributed by atoms with Crippen molar-refractivity contribution in [2.24, 2.45) is 11.8 Å². The molecule has 1 fully saturated rings. The average Bonchev–Trinajstić information content (AvgIpc) is 3.62. The molecule has 1 aliphatic carbocycles. The van der Waals surface area contributed by atoms with Crippen LogP contribution < -0.4 is 26.0 Å². The largest absolute Gasteiger partial charge is 0.497 e. The summed E-state index contributed by atoms with van der Waals surface area (Å²) in [5.41, 5.74) is 3.80. The summed E-state index contributed by atoms with van der Waals surface area (Å²) in [7, 11) is 1.58. The van der Waals surface area contributed by atoms with E-state index in [-0.39, 0.29) is 18.9 Å². The van der Waals surface area contributed by atoms with Crippen molar-refractivity contribution >= 4 is 51.3 Å². The maximum absolute atomic E-state index is 14.1. The lowest BCUT2D eigenvalue weighted by atomic mass is 9.77. The third kappa shape index (κ3) is 10.3. The number of carboxylic acids is 1. The fraction of sp³-hybridized carbons (Fsp3) is 0.341. The molecular formula is C44H49N5O7. The highest BCUT2D eigenvalue weighted by molar-refractivity contribution is 5.95. The first-order valence-corrected chi connectivity index (χ1v) is 19.2. The van der Waals surface area contributed by atoms with Gasteiger partial charge in [0, 0.05) is 48.4 Å². The molecule has 56 heavy (non-hydrogen) atoms. The quantitative estimate of drug-likeness (QED) is 0.0786. The number of fused-ring (bicyclic) bond motifs is 2. The van der Waals surface area contributed by atoms with Crippen LogP contribution >= 0.6 is 0 Å². The van der Waals surface area contributed by atoms with Crippen LogP contribution in [0.4, 0.5) is 0 Å². The standard InChI is InChI=1S/C44H49N5O7/c1-56-33-18-15-28(16-19-33)20-22-45-44(55)39(26-40(50)51)49-42(53)36-12-5-4-11-35(36)41(52)48-38(25-32-27-47-37-13-7-6-10-34(32)37)43(54)46-23-21-29-14-17-30-8-2-3-9-31(30)24-29/h2-3,6-10,13-19,24,27,35-36,38-39,47H,4-5,11-12,20-23,25-26H2,1H3,(H,45,55)(H,46,54)(H,48,52)(H,49,53)(H,50,51)/t35-,36?,38-,39+/m0/s1. The van der Waals surface area contributed by atoms with Gasteiger partial charge in [-0.15, -0.1) is 0 Å². The van der Waals surface area contributed by atoms with E-state index in [1.807, 2.05) is 72.9 Å². The van der Waals surface area contributed by atoms with Gasteiger partial charge in [-0.25, -0.2) is 0 Å². The first-order chi connectivity index (χ1) is 27.2. The molecule has 4 atom stereocenters. The summed E-state index contributed by atoms with van der Waals surface area (Å²) in [4.78, 5) is 69.9. The topological polar surface area (TPSA) is 179 Å². The van der Waals surface area contributed by atoms with Gasteiger partial charge >= 0.3 is 5.97 Å². The fourth-order valence-electron chi connectivity index (χ4n) is 7.52. The van der Waals surface area contributed by atoms with Gasteiger partial charge in [0.25, 0.3) is 0 Å². The monoisotopic (exact) mass is 759 g/mol. The smallest absolute Gasteiger partial charge is 0.305 e. The maximum atomic E-state index is 14.1. The maximum Gasteiger partial charge on any atom is 0.305 e. The van der Waals surface area contributed by atoms with E-state index in [1.165, 1.54) is 0 Å². The van der Waals surface area contributed by atoms with Crippen molar-refractivity contribution in [1.29, 1.82) is 0 Å². The third-order valence-electron chi connectivity index (χ3n) is 10.6. The highest BCUT2D eigenvalue weighted by Gasteiger charge is 2.39. The number of hydrogen-bond donors (Lipinski definition) is 6. The molecule has 1 unspecified atom stereocenters. The van der Waals surface area contributed by atoms with Gasteiger partial charge in [0.1, 0.15) is 17.8 Å².